The molecule has 0 spiro atoms. The van der Waals surface area contributed by atoms with Crippen LogP contribution in [-0.2, 0) is 6.54 Å². The molecule has 5 heteroatoms. The van der Waals surface area contributed by atoms with E-state index in [4.69, 9.17) is 4.42 Å². The summed E-state index contributed by atoms with van der Waals surface area (Å²) in [5.41, 5.74) is 0. The molecule has 0 saturated carbocycles. The van der Waals surface area contributed by atoms with E-state index >= 15 is 0 Å². The highest BCUT2D eigenvalue weighted by molar-refractivity contribution is 5.23. The maximum Gasteiger partial charge on any atom is 0.318 e. The molecule has 1 aromatic heterocycles. The van der Waals surface area contributed by atoms with Crippen LogP contribution in [0.1, 0.15) is 45.4 Å². The molecule has 96 valence electrons. The van der Waals surface area contributed by atoms with Gasteiger partial charge in [0.2, 0.25) is 5.89 Å². The lowest BCUT2D eigenvalue weighted by Crippen LogP contribution is -2.24. The lowest BCUT2D eigenvalue weighted by Gasteiger charge is -2.16. The van der Waals surface area contributed by atoms with Crippen LogP contribution in [-0.4, -0.2) is 29.3 Å². The van der Waals surface area contributed by atoms with E-state index in [1.165, 1.54) is 25.7 Å². The molecule has 0 unspecified atom stereocenters. The summed E-state index contributed by atoms with van der Waals surface area (Å²) in [6.07, 6.45) is 5.07. The zero-order chi connectivity index (χ0) is 12.1. The molecule has 0 amide bonds. The van der Waals surface area contributed by atoms with Gasteiger partial charge in [-0.2, -0.15) is 0 Å². The molecule has 17 heavy (non-hydrogen) atoms. The van der Waals surface area contributed by atoms with Gasteiger partial charge in [0, 0.05) is 19.1 Å². The topological polar surface area (TPSA) is 54.2 Å². The van der Waals surface area contributed by atoms with Crippen LogP contribution in [0.15, 0.2) is 4.42 Å². The molecule has 0 radical (unpaired) electrons. The van der Waals surface area contributed by atoms with Crippen molar-refractivity contribution in [1.29, 1.82) is 0 Å². The molecule has 0 aliphatic carbocycles. The average molecular weight is 238 g/mol. The second-order valence-corrected chi connectivity index (χ2v) is 4.92. The van der Waals surface area contributed by atoms with E-state index in [1.807, 2.05) is 0 Å². The fourth-order valence-electron chi connectivity index (χ4n) is 2.00. The van der Waals surface area contributed by atoms with Crippen molar-refractivity contribution < 1.29 is 4.42 Å². The number of nitrogens with one attached hydrogen (secondary N) is 1. The number of rotatable bonds is 4. The highest BCUT2D eigenvalue weighted by Crippen LogP contribution is 2.17. The highest BCUT2D eigenvalue weighted by Gasteiger charge is 2.15. The van der Waals surface area contributed by atoms with E-state index in [1.54, 1.807) is 0 Å². The highest BCUT2D eigenvalue weighted by atomic mass is 16.4. The minimum Gasteiger partial charge on any atom is -0.407 e. The van der Waals surface area contributed by atoms with Gasteiger partial charge in [0.15, 0.2) is 0 Å². The van der Waals surface area contributed by atoms with E-state index in [9.17, 15) is 0 Å². The van der Waals surface area contributed by atoms with Crippen molar-refractivity contribution in [3.63, 3.8) is 0 Å². The third-order valence-electron chi connectivity index (χ3n) is 2.99. The van der Waals surface area contributed by atoms with Gasteiger partial charge in [-0.05, 0) is 12.8 Å². The molecule has 1 saturated heterocycles. The monoisotopic (exact) mass is 238 g/mol. The summed E-state index contributed by atoms with van der Waals surface area (Å²) in [7, 11) is 0. The summed E-state index contributed by atoms with van der Waals surface area (Å²) >= 11 is 0. The SMILES string of the molecule is CC(C)NCc1nnc(N2CCCCCC2)o1. The molecule has 0 aromatic carbocycles. The van der Waals surface area contributed by atoms with Crippen LogP contribution in [0.3, 0.4) is 0 Å². The molecule has 1 fully saturated rings. The van der Waals surface area contributed by atoms with Crippen molar-refractivity contribution in [2.45, 2.75) is 52.1 Å². The summed E-state index contributed by atoms with van der Waals surface area (Å²) in [4.78, 5) is 2.21. The predicted octanol–water partition coefficient (Wildman–Crippen LogP) is 1.95. The maximum atomic E-state index is 5.67. The summed E-state index contributed by atoms with van der Waals surface area (Å²) in [5.74, 6) is 0.679. The van der Waals surface area contributed by atoms with E-state index < -0.39 is 0 Å². The predicted molar refractivity (Wildman–Crippen MR) is 67.0 cm³/mol. The van der Waals surface area contributed by atoms with Gasteiger partial charge in [0.05, 0.1) is 6.54 Å². The van der Waals surface area contributed by atoms with Crippen LogP contribution in [0.5, 0.6) is 0 Å². The average Bonchev–Trinajstić information content (AvgIpc) is 2.60. The second kappa shape index (κ2) is 6.00. The third kappa shape index (κ3) is 3.70. The minimum absolute atomic E-state index is 0.434. The molecule has 0 bridgehead atoms. The normalized spacial score (nSPS) is 17.5. The molecule has 2 heterocycles. The van der Waals surface area contributed by atoms with Crippen molar-refractivity contribution >= 4 is 6.01 Å². The van der Waals surface area contributed by atoms with Crippen LogP contribution < -0.4 is 10.2 Å². The molecular weight excluding hydrogens is 216 g/mol. The third-order valence-corrected chi connectivity index (χ3v) is 2.99. The van der Waals surface area contributed by atoms with Gasteiger partial charge in [0.25, 0.3) is 0 Å². The lowest BCUT2D eigenvalue weighted by atomic mass is 10.2. The van der Waals surface area contributed by atoms with Crippen molar-refractivity contribution in [3.8, 4) is 0 Å². The van der Waals surface area contributed by atoms with Crippen molar-refractivity contribution in [2.24, 2.45) is 0 Å². The Bertz CT molecular complexity index is 329. The van der Waals surface area contributed by atoms with Crippen LogP contribution in [0.4, 0.5) is 6.01 Å². The smallest absolute Gasteiger partial charge is 0.318 e. The van der Waals surface area contributed by atoms with E-state index in [-0.39, 0.29) is 0 Å². The number of hydrogen-bond acceptors (Lipinski definition) is 5. The zero-order valence-corrected chi connectivity index (χ0v) is 10.8. The lowest BCUT2D eigenvalue weighted by molar-refractivity contribution is 0.446. The first-order valence-electron chi connectivity index (χ1n) is 6.56. The summed E-state index contributed by atoms with van der Waals surface area (Å²) in [5, 5.41) is 11.5. The van der Waals surface area contributed by atoms with Crippen molar-refractivity contribution in [1.82, 2.24) is 15.5 Å². The van der Waals surface area contributed by atoms with Gasteiger partial charge in [-0.25, -0.2) is 0 Å². The van der Waals surface area contributed by atoms with Gasteiger partial charge in [-0.1, -0.05) is 31.8 Å². The van der Waals surface area contributed by atoms with Crippen molar-refractivity contribution in [2.75, 3.05) is 18.0 Å². The van der Waals surface area contributed by atoms with Crippen LogP contribution in [0, 0.1) is 0 Å². The van der Waals surface area contributed by atoms with Crippen molar-refractivity contribution in [3.05, 3.63) is 5.89 Å². The van der Waals surface area contributed by atoms with Crippen LogP contribution in [0.25, 0.3) is 0 Å². The second-order valence-electron chi connectivity index (χ2n) is 4.92. The molecule has 5 nitrogen and oxygen atoms in total. The first-order valence-corrected chi connectivity index (χ1v) is 6.56. The van der Waals surface area contributed by atoms with Gasteiger partial charge >= 0.3 is 6.01 Å². The van der Waals surface area contributed by atoms with Gasteiger partial charge in [-0.3, -0.25) is 0 Å². The number of hydrogen-bond donors (Lipinski definition) is 1. The number of aromatic nitrogens is 2. The molecule has 2 rings (SSSR count). The Labute approximate surface area is 103 Å². The summed E-state index contributed by atoms with van der Waals surface area (Å²) < 4.78 is 5.67. The molecule has 1 N–H and O–H groups in total. The number of anilines is 1. The van der Waals surface area contributed by atoms with Crippen LogP contribution >= 0.6 is 0 Å². The Hall–Kier alpha value is -1.10. The molecular formula is C12H22N4O. The number of nitrogens with zero attached hydrogens (tertiary/aromatic N) is 3. The van der Waals surface area contributed by atoms with E-state index in [0.717, 1.165) is 13.1 Å². The fraction of sp³-hybridized carbons (Fsp3) is 0.833. The fourth-order valence-corrected chi connectivity index (χ4v) is 2.00. The minimum atomic E-state index is 0.434. The summed E-state index contributed by atoms with van der Waals surface area (Å²) in [6.45, 7) is 6.94. The molecule has 0 atom stereocenters. The van der Waals surface area contributed by atoms with Gasteiger partial charge in [0.1, 0.15) is 0 Å². The van der Waals surface area contributed by atoms with Crippen LogP contribution in [0.2, 0.25) is 0 Å². The van der Waals surface area contributed by atoms with E-state index in [2.05, 4.69) is 34.3 Å². The summed E-state index contributed by atoms with van der Waals surface area (Å²) in [6, 6.07) is 1.12. The standard InChI is InChI=1S/C12H22N4O/c1-10(2)13-9-11-14-15-12(17-11)16-7-5-3-4-6-8-16/h10,13H,3-9H2,1-2H3. The largest absolute Gasteiger partial charge is 0.407 e. The Morgan fingerprint density at radius 3 is 2.53 bits per heavy atom. The molecule has 1 aliphatic rings. The molecule has 1 aromatic rings. The van der Waals surface area contributed by atoms with Gasteiger partial charge < -0.3 is 14.6 Å². The van der Waals surface area contributed by atoms with E-state index in [0.29, 0.717) is 24.5 Å². The first-order chi connectivity index (χ1) is 8.25. The molecule has 1 aliphatic heterocycles. The first kappa shape index (κ1) is 12.4. The Morgan fingerprint density at radius 1 is 1.18 bits per heavy atom. The quantitative estimate of drug-likeness (QED) is 0.869. The zero-order valence-electron chi connectivity index (χ0n) is 10.8. The van der Waals surface area contributed by atoms with Gasteiger partial charge in [-0.15, -0.1) is 5.10 Å². The Kier molecular flexibility index (Phi) is 4.36. The maximum absolute atomic E-state index is 5.67. The Morgan fingerprint density at radius 2 is 1.88 bits per heavy atom. The Balaban J connectivity index is 1.92.